The Morgan fingerprint density at radius 3 is 2.38 bits per heavy atom. The fourth-order valence-corrected chi connectivity index (χ4v) is 4.20. The Bertz CT molecular complexity index is 1210. The average Bonchev–Trinajstić information content (AvgIpc) is 2.85. The maximum atomic E-state index is 13.4. The average molecular weight is 468 g/mol. The van der Waals surface area contributed by atoms with Crippen LogP contribution in [0.5, 0.6) is 0 Å². The lowest BCUT2D eigenvalue weighted by atomic mass is 9.75. The van der Waals surface area contributed by atoms with Crippen molar-refractivity contribution in [3.8, 4) is 17.3 Å². The maximum absolute atomic E-state index is 13.4. The van der Waals surface area contributed by atoms with Gasteiger partial charge in [0.1, 0.15) is 12.1 Å². The first-order valence-corrected chi connectivity index (χ1v) is 10.6. The van der Waals surface area contributed by atoms with Crippen molar-refractivity contribution in [2.24, 2.45) is 5.41 Å². The molecule has 1 fully saturated rings. The third-order valence-corrected chi connectivity index (χ3v) is 6.14. The van der Waals surface area contributed by atoms with Crippen molar-refractivity contribution in [3.63, 3.8) is 0 Å². The molecule has 1 amide bonds. The van der Waals surface area contributed by atoms with Crippen LogP contribution < -0.4 is 0 Å². The zero-order valence-electron chi connectivity index (χ0n) is 18.0. The molecule has 2 aromatic carbocycles. The summed E-state index contributed by atoms with van der Waals surface area (Å²) >= 11 is 0. The molecule has 1 aliphatic rings. The summed E-state index contributed by atoms with van der Waals surface area (Å²) in [6.45, 7) is 0.431. The number of halogens is 4. The summed E-state index contributed by atoms with van der Waals surface area (Å²) in [5, 5.41) is 9.85. The summed E-state index contributed by atoms with van der Waals surface area (Å²) < 4.78 is 53.3. The largest absolute Gasteiger partial charge is 0.416 e. The molecule has 34 heavy (non-hydrogen) atoms. The molecule has 2 heterocycles. The van der Waals surface area contributed by atoms with E-state index >= 15 is 0 Å². The number of nitrogens with zero attached hydrogens (tertiary/aromatic N) is 4. The molecule has 0 spiro atoms. The first-order chi connectivity index (χ1) is 16.2. The molecule has 0 N–H and O–H groups in total. The monoisotopic (exact) mass is 468 g/mol. The zero-order valence-corrected chi connectivity index (χ0v) is 18.0. The van der Waals surface area contributed by atoms with E-state index in [-0.39, 0.29) is 30.0 Å². The number of carbonyl (C=O) groups excluding carboxylic acids is 1. The Morgan fingerprint density at radius 1 is 1.09 bits per heavy atom. The van der Waals surface area contributed by atoms with E-state index in [1.165, 1.54) is 41.7 Å². The van der Waals surface area contributed by atoms with E-state index in [9.17, 15) is 27.6 Å². The van der Waals surface area contributed by atoms with Crippen molar-refractivity contribution in [1.29, 1.82) is 5.26 Å². The number of hydrogen-bond donors (Lipinski definition) is 0. The van der Waals surface area contributed by atoms with Crippen molar-refractivity contribution >= 4 is 5.91 Å². The summed E-state index contributed by atoms with van der Waals surface area (Å²) in [4.78, 5) is 22.7. The Balaban J connectivity index is 1.58. The highest BCUT2D eigenvalue weighted by Gasteiger charge is 2.38. The summed E-state index contributed by atoms with van der Waals surface area (Å²) in [5.41, 5.74) is -0.329. The number of rotatable bonds is 4. The molecule has 0 atom stereocenters. The third-order valence-electron chi connectivity index (χ3n) is 6.14. The Hall–Kier alpha value is -3.80. The number of nitriles is 1. The summed E-state index contributed by atoms with van der Waals surface area (Å²) in [7, 11) is 0. The molecule has 5 nitrogen and oxygen atoms in total. The molecule has 1 aliphatic heterocycles. The van der Waals surface area contributed by atoms with Crippen molar-refractivity contribution in [1.82, 2.24) is 14.9 Å². The van der Waals surface area contributed by atoms with Crippen molar-refractivity contribution < 1.29 is 22.4 Å². The van der Waals surface area contributed by atoms with Crippen LogP contribution in [0.25, 0.3) is 11.3 Å². The van der Waals surface area contributed by atoms with E-state index in [1.54, 1.807) is 12.1 Å². The molecular formula is C25H20F4N4O. The van der Waals surface area contributed by atoms with Crippen LogP contribution in [0.4, 0.5) is 17.6 Å². The fourth-order valence-electron chi connectivity index (χ4n) is 4.20. The second-order valence-corrected chi connectivity index (χ2v) is 8.34. The van der Waals surface area contributed by atoms with Gasteiger partial charge >= 0.3 is 6.18 Å². The second kappa shape index (κ2) is 9.21. The minimum atomic E-state index is -4.60. The maximum Gasteiger partial charge on any atom is 0.416 e. The van der Waals surface area contributed by atoms with E-state index in [4.69, 9.17) is 0 Å². The summed E-state index contributed by atoms with van der Waals surface area (Å²) in [6, 6.07) is 12.8. The molecule has 174 valence electrons. The summed E-state index contributed by atoms with van der Waals surface area (Å²) in [5.74, 6) is -0.913. The van der Waals surface area contributed by atoms with Crippen LogP contribution in [-0.4, -0.2) is 33.9 Å². The predicted molar refractivity (Wildman–Crippen MR) is 116 cm³/mol. The molecule has 0 bridgehead atoms. The second-order valence-electron chi connectivity index (χ2n) is 8.34. The van der Waals surface area contributed by atoms with Crippen molar-refractivity contribution in [2.75, 3.05) is 13.1 Å². The number of alkyl halides is 3. The van der Waals surface area contributed by atoms with Crippen LogP contribution >= 0.6 is 0 Å². The predicted octanol–water partition coefficient (Wildman–Crippen LogP) is 5.29. The molecule has 0 unspecified atom stereocenters. The van der Waals surface area contributed by atoms with Gasteiger partial charge < -0.3 is 4.90 Å². The molecule has 0 radical (unpaired) electrons. The van der Waals surface area contributed by atoms with E-state index < -0.39 is 23.1 Å². The van der Waals surface area contributed by atoms with Gasteiger partial charge in [-0.15, -0.1) is 0 Å². The smallest absolute Gasteiger partial charge is 0.339 e. The van der Waals surface area contributed by atoms with Crippen LogP contribution in [0, 0.1) is 22.6 Å². The highest BCUT2D eigenvalue weighted by molar-refractivity contribution is 6.00. The zero-order chi connectivity index (χ0) is 24.3. The number of carbonyl (C=O) groups is 1. The number of piperidine rings is 1. The highest BCUT2D eigenvalue weighted by Crippen LogP contribution is 2.37. The fraction of sp³-hybridized carbons (Fsp3) is 0.280. The van der Waals surface area contributed by atoms with Gasteiger partial charge in [0.15, 0.2) is 0 Å². The van der Waals surface area contributed by atoms with Gasteiger partial charge in [0.05, 0.1) is 22.7 Å². The van der Waals surface area contributed by atoms with Crippen LogP contribution in [0.3, 0.4) is 0 Å². The van der Waals surface area contributed by atoms with Gasteiger partial charge in [-0.2, -0.15) is 18.4 Å². The lowest BCUT2D eigenvalue weighted by Crippen LogP contribution is -2.43. The van der Waals surface area contributed by atoms with Gasteiger partial charge in [-0.25, -0.2) is 14.4 Å². The Morgan fingerprint density at radius 2 is 1.79 bits per heavy atom. The number of likely N-dealkylation sites (tertiary alicyclic amines) is 1. The van der Waals surface area contributed by atoms with E-state index in [2.05, 4.69) is 16.0 Å². The molecule has 1 saturated heterocycles. The van der Waals surface area contributed by atoms with Crippen LogP contribution in [0.1, 0.15) is 34.3 Å². The van der Waals surface area contributed by atoms with Crippen LogP contribution in [0.2, 0.25) is 0 Å². The molecule has 0 aliphatic carbocycles. The van der Waals surface area contributed by atoms with Gasteiger partial charge in [0, 0.05) is 30.4 Å². The van der Waals surface area contributed by atoms with Gasteiger partial charge in [-0.3, -0.25) is 4.79 Å². The SMILES string of the molecule is N#CC1(Cc2ccc(F)cc2)CCN(C(=O)c2cc(C(F)(F)F)ccc2-c2ccncn2)CC1. The standard InChI is InChI=1S/C25H20F4N4O/c26-19-4-1-17(2-5-19)14-24(15-30)8-11-33(12-9-24)23(34)21-13-18(25(27,28)29)3-6-20(21)22-7-10-31-16-32-22/h1-7,10,13,16H,8-9,11-12,14H2. The number of amides is 1. The quantitative estimate of drug-likeness (QED) is 0.488. The minimum absolute atomic E-state index is 0.100. The number of hydrogen-bond acceptors (Lipinski definition) is 4. The molecule has 3 aromatic rings. The molecule has 1 aromatic heterocycles. The molecule has 0 saturated carbocycles. The van der Waals surface area contributed by atoms with Crippen molar-refractivity contribution in [3.05, 3.63) is 83.6 Å². The van der Waals surface area contributed by atoms with E-state index in [0.717, 1.165) is 17.7 Å². The third kappa shape index (κ3) is 4.91. The Labute approximate surface area is 193 Å². The topological polar surface area (TPSA) is 69.9 Å². The minimum Gasteiger partial charge on any atom is -0.339 e. The van der Waals surface area contributed by atoms with Crippen molar-refractivity contribution in [2.45, 2.75) is 25.4 Å². The Kier molecular flexibility index (Phi) is 6.33. The lowest BCUT2D eigenvalue weighted by molar-refractivity contribution is -0.137. The molecular weight excluding hydrogens is 448 g/mol. The van der Waals surface area contributed by atoms with Gasteiger partial charge in [-0.1, -0.05) is 18.2 Å². The molecule has 9 heteroatoms. The first kappa shape index (κ1) is 23.4. The van der Waals surface area contributed by atoms with Gasteiger partial charge in [-0.05, 0) is 55.2 Å². The lowest BCUT2D eigenvalue weighted by Gasteiger charge is -2.37. The number of benzene rings is 2. The van der Waals surface area contributed by atoms with Crippen LogP contribution in [-0.2, 0) is 12.6 Å². The van der Waals surface area contributed by atoms with Crippen LogP contribution in [0.15, 0.2) is 61.1 Å². The van der Waals surface area contributed by atoms with E-state index in [1.807, 2.05) is 0 Å². The number of aromatic nitrogens is 2. The highest BCUT2D eigenvalue weighted by atomic mass is 19.4. The van der Waals surface area contributed by atoms with Gasteiger partial charge in [0.25, 0.3) is 5.91 Å². The normalized spacial score (nSPS) is 15.6. The molecule has 4 rings (SSSR count). The van der Waals surface area contributed by atoms with Gasteiger partial charge in [0.2, 0.25) is 0 Å². The van der Waals surface area contributed by atoms with E-state index in [0.29, 0.717) is 25.0 Å². The first-order valence-electron chi connectivity index (χ1n) is 10.6. The summed E-state index contributed by atoms with van der Waals surface area (Å²) in [6.07, 6.45) is -0.776.